The van der Waals surface area contributed by atoms with Gasteiger partial charge in [0, 0.05) is 29.9 Å². The van der Waals surface area contributed by atoms with E-state index in [1.165, 1.54) is 6.26 Å². The first-order chi connectivity index (χ1) is 12.8. The summed E-state index contributed by atoms with van der Waals surface area (Å²) in [6.45, 7) is 1.91. The van der Waals surface area contributed by atoms with E-state index in [0.717, 1.165) is 11.3 Å². The lowest BCUT2D eigenvalue weighted by Crippen LogP contribution is -2.26. The van der Waals surface area contributed by atoms with Gasteiger partial charge in [0.25, 0.3) is 5.91 Å². The molecule has 3 rings (SSSR count). The standard InChI is InChI=1S/C20H21N3O3S/c1-15(17-6-8-19(9-7-17)23-11-10-21-14-23)22-20(24)18-5-3-4-16(12-18)13-27(2,25)26/h3-12,14-15H,13H2,1-2H3,(H,22,24)/t15-/m0/s1. The number of hydrogen-bond donors (Lipinski definition) is 1. The molecule has 0 saturated carbocycles. The van der Waals surface area contributed by atoms with Crippen LogP contribution in [0.4, 0.5) is 0 Å². The molecule has 1 N–H and O–H groups in total. The number of amides is 1. The van der Waals surface area contributed by atoms with Crippen molar-refractivity contribution >= 4 is 15.7 Å². The van der Waals surface area contributed by atoms with Crippen molar-refractivity contribution in [1.82, 2.24) is 14.9 Å². The molecule has 0 aliphatic carbocycles. The largest absolute Gasteiger partial charge is 0.346 e. The molecule has 0 aliphatic rings. The molecule has 1 atom stereocenters. The highest BCUT2D eigenvalue weighted by molar-refractivity contribution is 7.89. The van der Waals surface area contributed by atoms with Gasteiger partial charge in [0.1, 0.15) is 0 Å². The Balaban J connectivity index is 1.69. The Morgan fingerprint density at radius 3 is 2.56 bits per heavy atom. The number of imidazole rings is 1. The first-order valence-corrected chi connectivity index (χ1v) is 10.5. The predicted molar refractivity (Wildman–Crippen MR) is 104 cm³/mol. The van der Waals surface area contributed by atoms with E-state index in [-0.39, 0.29) is 17.7 Å². The Labute approximate surface area is 158 Å². The number of rotatable bonds is 6. The molecule has 1 aromatic heterocycles. The summed E-state index contributed by atoms with van der Waals surface area (Å²) in [7, 11) is -3.15. The Kier molecular flexibility index (Phi) is 5.41. The molecule has 27 heavy (non-hydrogen) atoms. The van der Waals surface area contributed by atoms with Gasteiger partial charge < -0.3 is 9.88 Å². The fraction of sp³-hybridized carbons (Fsp3) is 0.200. The molecular weight excluding hydrogens is 362 g/mol. The molecule has 0 fully saturated rings. The van der Waals surface area contributed by atoms with Crippen molar-refractivity contribution in [2.24, 2.45) is 0 Å². The number of benzene rings is 2. The zero-order valence-corrected chi connectivity index (χ0v) is 16.0. The molecule has 6 nitrogen and oxygen atoms in total. The third kappa shape index (κ3) is 5.04. The van der Waals surface area contributed by atoms with Gasteiger partial charge in [0.15, 0.2) is 9.84 Å². The maximum absolute atomic E-state index is 12.5. The summed E-state index contributed by atoms with van der Waals surface area (Å²) in [6.07, 6.45) is 6.48. The van der Waals surface area contributed by atoms with Gasteiger partial charge in [-0.2, -0.15) is 0 Å². The van der Waals surface area contributed by atoms with Crippen molar-refractivity contribution in [1.29, 1.82) is 0 Å². The van der Waals surface area contributed by atoms with Gasteiger partial charge in [-0.3, -0.25) is 4.79 Å². The summed E-state index contributed by atoms with van der Waals surface area (Å²) < 4.78 is 24.8. The number of carbonyl (C=O) groups excluding carboxylic acids is 1. The lowest BCUT2D eigenvalue weighted by molar-refractivity contribution is 0.0939. The lowest BCUT2D eigenvalue weighted by Gasteiger charge is -2.15. The van der Waals surface area contributed by atoms with E-state index in [1.807, 2.05) is 42.0 Å². The molecule has 1 amide bonds. The lowest BCUT2D eigenvalue weighted by atomic mass is 10.1. The molecule has 7 heteroatoms. The fourth-order valence-corrected chi connectivity index (χ4v) is 3.60. The zero-order chi connectivity index (χ0) is 19.4. The van der Waals surface area contributed by atoms with Crippen LogP contribution in [0.3, 0.4) is 0 Å². The molecule has 0 aliphatic heterocycles. The molecule has 0 spiro atoms. The van der Waals surface area contributed by atoms with Crippen LogP contribution >= 0.6 is 0 Å². The van der Waals surface area contributed by atoms with Crippen LogP contribution in [0.5, 0.6) is 0 Å². The van der Waals surface area contributed by atoms with Crippen molar-refractivity contribution in [3.05, 3.63) is 83.9 Å². The number of sulfone groups is 1. The second-order valence-corrected chi connectivity index (χ2v) is 8.67. The van der Waals surface area contributed by atoms with Gasteiger partial charge in [-0.25, -0.2) is 13.4 Å². The first kappa shape index (κ1) is 18.8. The van der Waals surface area contributed by atoms with Crippen LogP contribution in [-0.2, 0) is 15.6 Å². The third-order valence-electron chi connectivity index (χ3n) is 4.16. The second-order valence-electron chi connectivity index (χ2n) is 6.53. The Morgan fingerprint density at radius 1 is 1.19 bits per heavy atom. The van der Waals surface area contributed by atoms with Gasteiger partial charge >= 0.3 is 0 Å². The molecule has 1 heterocycles. The Morgan fingerprint density at radius 2 is 1.93 bits per heavy atom. The van der Waals surface area contributed by atoms with Gasteiger partial charge in [0.2, 0.25) is 0 Å². The zero-order valence-electron chi connectivity index (χ0n) is 15.2. The average molecular weight is 383 g/mol. The summed E-state index contributed by atoms with van der Waals surface area (Å²) in [4.78, 5) is 16.6. The summed E-state index contributed by atoms with van der Waals surface area (Å²) in [5, 5.41) is 2.95. The smallest absolute Gasteiger partial charge is 0.251 e. The quantitative estimate of drug-likeness (QED) is 0.710. The molecule has 2 aromatic carbocycles. The van der Waals surface area contributed by atoms with Crippen LogP contribution in [-0.4, -0.2) is 30.1 Å². The van der Waals surface area contributed by atoms with Crippen LogP contribution in [0.2, 0.25) is 0 Å². The van der Waals surface area contributed by atoms with E-state index in [2.05, 4.69) is 10.3 Å². The Hall–Kier alpha value is -2.93. The van der Waals surface area contributed by atoms with Crippen LogP contribution in [0.15, 0.2) is 67.3 Å². The molecule has 0 radical (unpaired) electrons. The molecule has 140 valence electrons. The van der Waals surface area contributed by atoms with Gasteiger partial charge in [-0.1, -0.05) is 24.3 Å². The van der Waals surface area contributed by atoms with Crippen molar-refractivity contribution in [3.8, 4) is 5.69 Å². The summed E-state index contributed by atoms with van der Waals surface area (Å²) in [5.41, 5.74) is 3.00. The number of hydrogen-bond acceptors (Lipinski definition) is 4. The van der Waals surface area contributed by atoms with Crippen LogP contribution < -0.4 is 5.32 Å². The highest BCUT2D eigenvalue weighted by Gasteiger charge is 2.13. The molecule has 3 aromatic rings. The summed E-state index contributed by atoms with van der Waals surface area (Å²) in [5.74, 6) is -0.323. The van der Waals surface area contributed by atoms with Gasteiger partial charge in [-0.15, -0.1) is 0 Å². The van der Waals surface area contributed by atoms with E-state index in [9.17, 15) is 13.2 Å². The van der Waals surface area contributed by atoms with E-state index >= 15 is 0 Å². The molecular formula is C20H21N3O3S. The van der Waals surface area contributed by atoms with E-state index in [4.69, 9.17) is 0 Å². The minimum Gasteiger partial charge on any atom is -0.346 e. The van der Waals surface area contributed by atoms with Gasteiger partial charge in [0.05, 0.1) is 18.1 Å². The highest BCUT2D eigenvalue weighted by Crippen LogP contribution is 2.17. The second kappa shape index (κ2) is 7.75. The van der Waals surface area contributed by atoms with E-state index in [1.54, 1.807) is 36.8 Å². The maximum Gasteiger partial charge on any atom is 0.251 e. The first-order valence-electron chi connectivity index (χ1n) is 8.48. The number of nitrogens with zero attached hydrogens (tertiary/aromatic N) is 2. The highest BCUT2D eigenvalue weighted by atomic mass is 32.2. The third-order valence-corrected chi connectivity index (χ3v) is 5.02. The number of nitrogens with one attached hydrogen (secondary N) is 1. The van der Waals surface area contributed by atoms with Crippen molar-refractivity contribution < 1.29 is 13.2 Å². The number of aromatic nitrogens is 2. The average Bonchev–Trinajstić information content (AvgIpc) is 3.15. The summed E-state index contributed by atoms with van der Waals surface area (Å²) in [6, 6.07) is 14.4. The van der Waals surface area contributed by atoms with Crippen molar-refractivity contribution in [3.63, 3.8) is 0 Å². The predicted octanol–water partition coefficient (Wildman–Crippen LogP) is 2.91. The van der Waals surface area contributed by atoms with Crippen molar-refractivity contribution in [2.45, 2.75) is 18.7 Å². The topological polar surface area (TPSA) is 81.1 Å². The van der Waals surface area contributed by atoms with Crippen molar-refractivity contribution in [2.75, 3.05) is 6.26 Å². The maximum atomic E-state index is 12.5. The molecule has 0 saturated heterocycles. The van der Waals surface area contributed by atoms with Crippen LogP contribution in [0.1, 0.15) is 34.5 Å². The SMILES string of the molecule is C[C@H](NC(=O)c1cccc(CS(C)(=O)=O)c1)c1ccc(-n2ccnc2)cc1. The van der Waals surface area contributed by atoms with E-state index < -0.39 is 9.84 Å². The summed E-state index contributed by atoms with van der Waals surface area (Å²) >= 11 is 0. The van der Waals surface area contributed by atoms with E-state index in [0.29, 0.717) is 11.1 Å². The minimum atomic E-state index is -3.15. The molecule has 0 bridgehead atoms. The van der Waals surface area contributed by atoms with Crippen LogP contribution in [0.25, 0.3) is 5.69 Å². The normalized spacial score (nSPS) is 12.5. The monoisotopic (exact) mass is 383 g/mol. The van der Waals surface area contributed by atoms with Gasteiger partial charge in [-0.05, 0) is 42.3 Å². The van der Waals surface area contributed by atoms with Crippen LogP contribution in [0, 0.1) is 0 Å². The molecule has 0 unspecified atom stereocenters. The fourth-order valence-electron chi connectivity index (χ4n) is 2.82. The Bertz CT molecular complexity index is 1030. The minimum absolute atomic E-state index is 0.0839. The number of carbonyl (C=O) groups is 1.